The minimum absolute atomic E-state index is 0.129. The number of rotatable bonds is 2. The molecule has 0 bridgehead atoms. The van der Waals surface area contributed by atoms with E-state index in [1.807, 2.05) is 24.3 Å². The van der Waals surface area contributed by atoms with Crippen LogP contribution in [-0.4, -0.2) is 0 Å². The van der Waals surface area contributed by atoms with Crippen LogP contribution in [0.1, 0.15) is 37.5 Å². The monoisotopic (exact) mass is 275 g/mol. The molecule has 99 valence electrons. The summed E-state index contributed by atoms with van der Waals surface area (Å²) in [5.41, 5.74) is 2.51. The average molecular weight is 276 g/mol. The fraction of sp³-hybridized carbons (Fsp3) is 0.294. The van der Waals surface area contributed by atoms with Gasteiger partial charge in [-0.15, -0.1) is 0 Å². The van der Waals surface area contributed by atoms with E-state index in [0.717, 1.165) is 11.1 Å². The van der Waals surface area contributed by atoms with E-state index in [1.165, 1.54) is 6.07 Å². The minimum atomic E-state index is -0.177. The largest absolute Gasteiger partial charge is 0.207 e. The predicted octanol–water partition coefficient (Wildman–Crippen LogP) is 5.17. The highest BCUT2D eigenvalue weighted by Crippen LogP contribution is 2.29. The summed E-state index contributed by atoms with van der Waals surface area (Å²) in [5, 5.41) is 0.676. The molecular weight excluding hydrogens is 259 g/mol. The summed E-state index contributed by atoms with van der Waals surface area (Å²) in [7, 11) is 0. The second kappa shape index (κ2) is 5.34. The molecule has 0 aliphatic rings. The first-order valence-electron chi connectivity index (χ1n) is 6.32. The van der Waals surface area contributed by atoms with Crippen molar-refractivity contribution in [1.29, 1.82) is 0 Å². The summed E-state index contributed by atoms with van der Waals surface area (Å²) in [6.07, 6.45) is 0.538. The van der Waals surface area contributed by atoms with E-state index in [9.17, 15) is 4.39 Å². The fourth-order valence-corrected chi connectivity index (χ4v) is 2.41. The SMILES string of the molecule is CC(C)(C)c1[c]ccc(F)c1Cc1cccc(Cl)c1. The molecule has 0 aromatic heterocycles. The Morgan fingerprint density at radius 2 is 1.95 bits per heavy atom. The highest BCUT2D eigenvalue weighted by molar-refractivity contribution is 6.30. The Morgan fingerprint density at radius 1 is 1.21 bits per heavy atom. The Balaban J connectivity index is 2.45. The first-order chi connectivity index (χ1) is 8.88. The van der Waals surface area contributed by atoms with Crippen LogP contribution in [0.25, 0.3) is 0 Å². The topological polar surface area (TPSA) is 0 Å². The molecule has 0 amide bonds. The van der Waals surface area contributed by atoms with Gasteiger partial charge in [0.05, 0.1) is 0 Å². The molecule has 2 rings (SSSR count). The summed E-state index contributed by atoms with van der Waals surface area (Å²) in [4.78, 5) is 0. The van der Waals surface area contributed by atoms with Gasteiger partial charge in [-0.05, 0) is 46.4 Å². The van der Waals surface area contributed by atoms with Gasteiger partial charge in [0.1, 0.15) is 5.82 Å². The normalized spacial score (nSPS) is 11.6. The first-order valence-corrected chi connectivity index (χ1v) is 6.70. The van der Waals surface area contributed by atoms with Crippen molar-refractivity contribution in [2.24, 2.45) is 0 Å². The molecule has 0 atom stereocenters. The average Bonchev–Trinajstić information content (AvgIpc) is 2.30. The fourth-order valence-electron chi connectivity index (χ4n) is 2.20. The second-order valence-electron chi connectivity index (χ2n) is 5.74. The van der Waals surface area contributed by atoms with E-state index >= 15 is 0 Å². The lowest BCUT2D eigenvalue weighted by Crippen LogP contribution is -2.16. The van der Waals surface area contributed by atoms with E-state index in [1.54, 1.807) is 6.07 Å². The van der Waals surface area contributed by atoms with Gasteiger partial charge in [-0.25, -0.2) is 4.39 Å². The van der Waals surface area contributed by atoms with Gasteiger partial charge in [0.25, 0.3) is 0 Å². The molecule has 1 radical (unpaired) electrons. The lowest BCUT2D eigenvalue weighted by Gasteiger charge is -2.23. The molecule has 0 unspecified atom stereocenters. The Kier molecular flexibility index (Phi) is 3.96. The van der Waals surface area contributed by atoms with Crippen LogP contribution in [-0.2, 0) is 11.8 Å². The van der Waals surface area contributed by atoms with Gasteiger partial charge >= 0.3 is 0 Å². The smallest absolute Gasteiger partial charge is 0.127 e. The third-order valence-corrected chi connectivity index (χ3v) is 3.30. The van der Waals surface area contributed by atoms with Gasteiger partial charge in [-0.3, -0.25) is 0 Å². The number of halogens is 2. The molecule has 0 nitrogen and oxygen atoms in total. The summed E-state index contributed by atoms with van der Waals surface area (Å²) in [5.74, 6) is -0.177. The summed E-state index contributed by atoms with van der Waals surface area (Å²) in [6, 6.07) is 13.8. The van der Waals surface area contributed by atoms with Gasteiger partial charge < -0.3 is 0 Å². The molecule has 0 saturated carbocycles. The maximum absolute atomic E-state index is 14.1. The van der Waals surface area contributed by atoms with Crippen molar-refractivity contribution < 1.29 is 4.39 Å². The quantitative estimate of drug-likeness (QED) is 0.709. The third-order valence-electron chi connectivity index (χ3n) is 3.07. The summed E-state index contributed by atoms with van der Waals surface area (Å²) in [6.45, 7) is 6.21. The van der Waals surface area contributed by atoms with Crippen LogP contribution in [0, 0.1) is 11.9 Å². The minimum Gasteiger partial charge on any atom is -0.207 e. The summed E-state index contributed by atoms with van der Waals surface area (Å²) >= 11 is 5.98. The zero-order valence-corrected chi connectivity index (χ0v) is 12.2. The predicted molar refractivity (Wildman–Crippen MR) is 78.2 cm³/mol. The molecule has 0 aliphatic carbocycles. The van der Waals surface area contributed by atoms with E-state index in [2.05, 4.69) is 26.8 Å². The van der Waals surface area contributed by atoms with Gasteiger partial charge in [-0.2, -0.15) is 0 Å². The lowest BCUT2D eigenvalue weighted by molar-refractivity contribution is 0.557. The standard InChI is InChI=1S/C17H17ClF/c1-17(2,3)15-8-5-9-16(19)14(15)11-12-6-4-7-13(18)10-12/h4-7,9-10H,11H2,1-3H3. The van der Waals surface area contributed by atoms with Crippen LogP contribution in [0.3, 0.4) is 0 Å². The lowest BCUT2D eigenvalue weighted by atomic mass is 9.82. The van der Waals surface area contributed by atoms with Crippen LogP contribution < -0.4 is 0 Å². The molecule has 0 saturated heterocycles. The first kappa shape index (κ1) is 14.1. The molecule has 2 aromatic carbocycles. The molecule has 2 aromatic rings. The molecule has 0 spiro atoms. The molecular formula is C17H17ClF. The second-order valence-corrected chi connectivity index (χ2v) is 6.17. The van der Waals surface area contributed by atoms with Crippen molar-refractivity contribution in [3.05, 3.63) is 70.0 Å². The Morgan fingerprint density at radius 3 is 2.58 bits per heavy atom. The highest BCUT2D eigenvalue weighted by atomic mass is 35.5. The van der Waals surface area contributed by atoms with E-state index < -0.39 is 0 Å². The molecule has 0 aliphatic heterocycles. The maximum Gasteiger partial charge on any atom is 0.127 e. The van der Waals surface area contributed by atoms with Gasteiger partial charge in [-0.1, -0.05) is 50.6 Å². The molecule has 0 fully saturated rings. The van der Waals surface area contributed by atoms with Gasteiger partial charge in [0, 0.05) is 11.4 Å². The Labute approximate surface area is 119 Å². The Hall–Kier alpha value is -1.34. The van der Waals surface area contributed by atoms with Crippen LogP contribution in [0.5, 0.6) is 0 Å². The molecule has 0 N–H and O–H groups in total. The van der Waals surface area contributed by atoms with Crippen molar-refractivity contribution in [1.82, 2.24) is 0 Å². The van der Waals surface area contributed by atoms with Crippen molar-refractivity contribution in [3.63, 3.8) is 0 Å². The van der Waals surface area contributed by atoms with E-state index in [0.29, 0.717) is 17.0 Å². The van der Waals surface area contributed by atoms with Crippen molar-refractivity contribution in [3.8, 4) is 0 Å². The van der Waals surface area contributed by atoms with Crippen LogP contribution >= 0.6 is 11.6 Å². The number of hydrogen-bond donors (Lipinski definition) is 0. The molecule has 0 heterocycles. The van der Waals surface area contributed by atoms with Gasteiger partial charge in [0.15, 0.2) is 0 Å². The van der Waals surface area contributed by atoms with E-state index in [4.69, 9.17) is 11.6 Å². The molecule has 19 heavy (non-hydrogen) atoms. The zero-order chi connectivity index (χ0) is 14.0. The number of hydrogen-bond acceptors (Lipinski definition) is 0. The maximum atomic E-state index is 14.1. The van der Waals surface area contributed by atoms with Crippen LogP contribution in [0.15, 0.2) is 36.4 Å². The van der Waals surface area contributed by atoms with Crippen LogP contribution in [0.2, 0.25) is 5.02 Å². The van der Waals surface area contributed by atoms with Crippen LogP contribution in [0.4, 0.5) is 4.39 Å². The van der Waals surface area contributed by atoms with Gasteiger partial charge in [0.2, 0.25) is 0 Å². The third kappa shape index (κ3) is 3.36. The zero-order valence-electron chi connectivity index (χ0n) is 11.4. The van der Waals surface area contributed by atoms with E-state index in [-0.39, 0.29) is 11.2 Å². The highest BCUT2D eigenvalue weighted by Gasteiger charge is 2.20. The Bertz CT molecular complexity index is 582. The number of benzene rings is 2. The summed E-state index contributed by atoms with van der Waals surface area (Å²) < 4.78 is 14.1. The van der Waals surface area contributed by atoms with Crippen molar-refractivity contribution >= 4 is 11.6 Å². The van der Waals surface area contributed by atoms with Crippen molar-refractivity contribution in [2.45, 2.75) is 32.6 Å². The molecule has 2 heteroatoms. The van der Waals surface area contributed by atoms with Crippen molar-refractivity contribution in [2.75, 3.05) is 0 Å².